The van der Waals surface area contributed by atoms with Crippen LogP contribution < -0.4 is 0 Å². The summed E-state index contributed by atoms with van der Waals surface area (Å²) in [6, 6.07) is 21.2. The molecule has 0 saturated carbocycles. The van der Waals surface area contributed by atoms with E-state index >= 15 is 0 Å². The van der Waals surface area contributed by atoms with Crippen molar-refractivity contribution in [2.45, 2.75) is 38.3 Å². The molecule has 4 nitrogen and oxygen atoms in total. The van der Waals surface area contributed by atoms with Gasteiger partial charge in [0.05, 0.1) is 5.56 Å². The number of nitrogens with zero attached hydrogens (tertiary/aromatic N) is 1. The minimum atomic E-state index is -0.973. The molecule has 3 aromatic carbocycles. The van der Waals surface area contributed by atoms with Gasteiger partial charge in [0, 0.05) is 12.1 Å². The Morgan fingerprint density at radius 3 is 2.34 bits per heavy atom. The largest absolute Gasteiger partial charge is 0.478 e. The number of benzene rings is 3. The molecule has 178 valence electrons. The molecular weight excluding hydrogens is 434 g/mol. The smallest absolute Gasteiger partial charge is 0.335 e. The lowest BCUT2D eigenvalue weighted by Crippen LogP contribution is -2.22. The molecule has 2 N–H and O–H groups in total. The first-order valence-corrected chi connectivity index (χ1v) is 11.8. The molecule has 4 heteroatoms. The van der Waals surface area contributed by atoms with Crippen molar-refractivity contribution in [1.82, 2.24) is 4.90 Å². The zero-order valence-electron chi connectivity index (χ0n) is 20.7. The fourth-order valence-electron chi connectivity index (χ4n) is 4.46. The lowest BCUT2D eigenvalue weighted by atomic mass is 9.71. The summed E-state index contributed by atoms with van der Waals surface area (Å²) in [4.78, 5) is 13.2. The lowest BCUT2D eigenvalue weighted by molar-refractivity contribution is 0.0697. The van der Waals surface area contributed by atoms with E-state index < -0.39 is 12.1 Å². The molecule has 3 aromatic rings. The normalized spacial score (nSPS) is 15.0. The second kappa shape index (κ2) is 9.92. The van der Waals surface area contributed by atoms with Crippen molar-refractivity contribution in [2.75, 3.05) is 14.1 Å². The first-order valence-electron chi connectivity index (χ1n) is 11.8. The first kappa shape index (κ1) is 24.5. The van der Waals surface area contributed by atoms with Crippen LogP contribution in [-0.4, -0.2) is 35.2 Å². The topological polar surface area (TPSA) is 60.8 Å². The number of aliphatic hydroxyl groups is 1. The molecule has 1 unspecified atom stereocenters. The van der Waals surface area contributed by atoms with Crippen molar-refractivity contribution in [1.29, 1.82) is 0 Å². The van der Waals surface area contributed by atoms with Crippen LogP contribution in [0.15, 0.2) is 72.8 Å². The number of aromatic carboxylic acids is 1. The minimum absolute atomic E-state index is 0.0560. The molecule has 0 bridgehead atoms. The number of hydrogen-bond acceptors (Lipinski definition) is 3. The summed E-state index contributed by atoms with van der Waals surface area (Å²) in [5.74, 6) is 4.88. The molecule has 0 radical (unpaired) electrons. The quantitative estimate of drug-likeness (QED) is 0.479. The van der Waals surface area contributed by atoms with Crippen LogP contribution in [0.4, 0.5) is 0 Å². The third-order valence-electron chi connectivity index (χ3n) is 6.44. The maximum absolute atomic E-state index is 11.0. The van der Waals surface area contributed by atoms with E-state index in [2.05, 4.69) is 87.2 Å². The predicted octanol–water partition coefficient (Wildman–Crippen LogP) is 5.64. The average Bonchev–Trinajstić information content (AvgIpc) is 2.83. The molecule has 0 saturated heterocycles. The summed E-state index contributed by atoms with van der Waals surface area (Å²) < 4.78 is 0. The molecule has 0 fully saturated rings. The van der Waals surface area contributed by atoms with Gasteiger partial charge in [-0.1, -0.05) is 74.2 Å². The Bertz CT molecular complexity index is 1320. The van der Waals surface area contributed by atoms with E-state index in [9.17, 15) is 9.90 Å². The van der Waals surface area contributed by atoms with E-state index in [0.717, 1.165) is 18.5 Å². The van der Waals surface area contributed by atoms with Crippen molar-refractivity contribution >= 4 is 11.5 Å². The van der Waals surface area contributed by atoms with Crippen molar-refractivity contribution in [3.05, 3.63) is 112 Å². The van der Waals surface area contributed by atoms with E-state index in [1.807, 2.05) is 6.07 Å². The molecule has 1 atom stereocenters. The standard InChI is InChI=1S/C31H31NO3/c1-31(2)18-17-26(23-10-7-22(8-11-23)20-32(3)4)27-15-14-25(19-28(27)31)29(33)16-9-21-5-12-24(13-6-21)30(34)35/h5-8,10-15,17,19,29,33H,18,20H2,1-4H3,(H,34,35). The van der Waals surface area contributed by atoms with Crippen LogP contribution in [0.3, 0.4) is 0 Å². The van der Waals surface area contributed by atoms with Crippen LogP contribution in [0.25, 0.3) is 5.57 Å². The highest BCUT2D eigenvalue weighted by molar-refractivity contribution is 5.87. The summed E-state index contributed by atoms with van der Waals surface area (Å²) in [6.07, 6.45) is 2.30. The maximum atomic E-state index is 11.0. The molecular formula is C31H31NO3. The van der Waals surface area contributed by atoms with Gasteiger partial charge in [-0.2, -0.15) is 0 Å². The van der Waals surface area contributed by atoms with Crippen LogP contribution in [-0.2, 0) is 12.0 Å². The predicted molar refractivity (Wildman–Crippen MR) is 140 cm³/mol. The van der Waals surface area contributed by atoms with Crippen LogP contribution in [0, 0.1) is 11.8 Å². The van der Waals surface area contributed by atoms with Crippen molar-refractivity contribution in [3.8, 4) is 11.8 Å². The van der Waals surface area contributed by atoms with Gasteiger partial charge in [0.25, 0.3) is 0 Å². The second-order valence-corrected chi connectivity index (χ2v) is 10.00. The van der Waals surface area contributed by atoms with E-state index in [4.69, 9.17) is 5.11 Å². The molecule has 4 rings (SSSR count). The Morgan fingerprint density at radius 1 is 1.03 bits per heavy atom. The lowest BCUT2D eigenvalue weighted by Gasteiger charge is -2.33. The number of carboxylic acids is 1. The number of carboxylic acid groups (broad SMARTS) is 1. The van der Waals surface area contributed by atoms with Gasteiger partial charge in [0.2, 0.25) is 0 Å². The highest BCUT2D eigenvalue weighted by Gasteiger charge is 2.29. The highest BCUT2D eigenvalue weighted by atomic mass is 16.4. The summed E-state index contributed by atoms with van der Waals surface area (Å²) in [6.45, 7) is 5.37. The van der Waals surface area contributed by atoms with Crippen LogP contribution in [0.2, 0.25) is 0 Å². The Morgan fingerprint density at radius 2 is 1.71 bits per heavy atom. The number of hydrogen-bond donors (Lipinski definition) is 2. The number of aliphatic hydroxyl groups excluding tert-OH is 1. The molecule has 0 aliphatic heterocycles. The minimum Gasteiger partial charge on any atom is -0.478 e. The summed E-state index contributed by atoms with van der Waals surface area (Å²) in [5.41, 5.74) is 7.67. The van der Waals surface area contributed by atoms with Gasteiger partial charge in [-0.3, -0.25) is 0 Å². The van der Waals surface area contributed by atoms with E-state index in [-0.39, 0.29) is 11.0 Å². The van der Waals surface area contributed by atoms with Gasteiger partial charge in [-0.15, -0.1) is 0 Å². The second-order valence-electron chi connectivity index (χ2n) is 10.00. The zero-order chi connectivity index (χ0) is 25.2. The molecule has 0 amide bonds. The summed E-state index contributed by atoms with van der Waals surface area (Å²) in [7, 11) is 4.14. The van der Waals surface area contributed by atoms with Gasteiger partial charge in [0.15, 0.2) is 0 Å². The van der Waals surface area contributed by atoms with E-state index in [1.54, 1.807) is 12.1 Å². The van der Waals surface area contributed by atoms with E-state index in [1.165, 1.54) is 40.0 Å². The fourth-order valence-corrected chi connectivity index (χ4v) is 4.46. The Labute approximate surface area is 207 Å². The van der Waals surface area contributed by atoms with Crippen molar-refractivity contribution in [2.24, 2.45) is 0 Å². The third kappa shape index (κ3) is 5.54. The Hall–Kier alpha value is -3.65. The SMILES string of the molecule is CN(C)Cc1ccc(C2=CCC(C)(C)c3cc(C(O)C#Cc4ccc(C(=O)O)cc4)ccc32)cc1. The number of rotatable bonds is 5. The first-order chi connectivity index (χ1) is 16.6. The third-order valence-corrected chi connectivity index (χ3v) is 6.44. The summed E-state index contributed by atoms with van der Waals surface area (Å²) in [5, 5.41) is 19.8. The van der Waals surface area contributed by atoms with E-state index in [0.29, 0.717) is 5.56 Å². The number of carbonyl (C=O) groups is 1. The molecule has 1 aliphatic rings. The number of fused-ring (bicyclic) bond motifs is 1. The van der Waals surface area contributed by atoms with Crippen LogP contribution in [0.5, 0.6) is 0 Å². The Kier molecular flexibility index (Phi) is 6.93. The van der Waals surface area contributed by atoms with Crippen molar-refractivity contribution < 1.29 is 15.0 Å². The molecule has 35 heavy (non-hydrogen) atoms. The van der Waals surface area contributed by atoms with Gasteiger partial charge in [-0.05, 0) is 83.6 Å². The average molecular weight is 466 g/mol. The van der Waals surface area contributed by atoms with Crippen molar-refractivity contribution in [3.63, 3.8) is 0 Å². The van der Waals surface area contributed by atoms with Gasteiger partial charge >= 0.3 is 5.97 Å². The van der Waals surface area contributed by atoms with Gasteiger partial charge in [-0.25, -0.2) is 4.79 Å². The molecule has 0 heterocycles. The zero-order valence-corrected chi connectivity index (χ0v) is 20.7. The molecule has 1 aliphatic carbocycles. The van der Waals surface area contributed by atoms with Crippen LogP contribution in [0.1, 0.15) is 70.1 Å². The van der Waals surface area contributed by atoms with Gasteiger partial charge in [0.1, 0.15) is 6.10 Å². The fraction of sp³-hybridized carbons (Fsp3) is 0.258. The molecule has 0 aromatic heterocycles. The highest BCUT2D eigenvalue weighted by Crippen LogP contribution is 2.42. The molecule has 0 spiro atoms. The maximum Gasteiger partial charge on any atom is 0.335 e. The number of allylic oxidation sites excluding steroid dienone is 1. The van der Waals surface area contributed by atoms with Crippen LogP contribution >= 0.6 is 0 Å². The monoisotopic (exact) mass is 465 g/mol. The Balaban J connectivity index is 1.61. The van der Waals surface area contributed by atoms with Gasteiger partial charge < -0.3 is 15.1 Å². The summed E-state index contributed by atoms with van der Waals surface area (Å²) >= 11 is 0.